The molecule has 0 aromatic heterocycles. The van der Waals surface area contributed by atoms with Crippen LogP contribution in [0.5, 0.6) is 0 Å². The Balaban J connectivity index is 2.83. The Morgan fingerprint density at radius 2 is 1.70 bits per heavy atom. The second-order valence-corrected chi connectivity index (χ2v) is 6.24. The molecule has 4 nitrogen and oxygen atoms in total. The summed E-state index contributed by atoms with van der Waals surface area (Å²) in [7, 11) is -3.58. The van der Waals surface area contributed by atoms with Crippen LogP contribution in [0.1, 0.15) is 19.4 Å². The molecule has 1 aromatic rings. The number of rotatable bonds is 7. The Morgan fingerprint density at radius 1 is 1.10 bits per heavy atom. The highest BCUT2D eigenvalue weighted by Gasteiger charge is 2.25. The molecule has 0 bridgehead atoms. The van der Waals surface area contributed by atoms with Crippen molar-refractivity contribution in [1.29, 1.82) is 0 Å². The molecule has 0 N–H and O–H groups in total. The van der Waals surface area contributed by atoms with E-state index in [0.717, 1.165) is 0 Å². The maximum Gasteiger partial charge on any atom is 0.529 e. The summed E-state index contributed by atoms with van der Waals surface area (Å²) in [6.07, 6.45) is 2.69. The van der Waals surface area contributed by atoms with Gasteiger partial charge in [-0.25, -0.2) is 4.57 Å². The molecule has 20 heavy (non-hydrogen) atoms. The van der Waals surface area contributed by atoms with Gasteiger partial charge in [0.15, 0.2) is 0 Å². The molecule has 0 aliphatic rings. The highest BCUT2D eigenvalue weighted by Crippen LogP contribution is 2.49. The molecule has 1 aromatic carbocycles. The third kappa shape index (κ3) is 4.96. The molecule has 0 aliphatic carbocycles. The van der Waals surface area contributed by atoms with Crippen LogP contribution in [0.25, 0.3) is 6.08 Å². The van der Waals surface area contributed by atoms with Gasteiger partial charge in [0, 0.05) is 0 Å². The zero-order chi connectivity index (χ0) is 15.2. The first-order chi connectivity index (χ1) is 9.43. The van der Waals surface area contributed by atoms with E-state index in [2.05, 4.69) is 0 Å². The van der Waals surface area contributed by atoms with Crippen LogP contribution in [0.4, 0.5) is 0 Å². The van der Waals surface area contributed by atoms with E-state index < -0.39 is 7.82 Å². The zero-order valence-electron chi connectivity index (χ0n) is 10.9. The van der Waals surface area contributed by atoms with Gasteiger partial charge in [-0.1, -0.05) is 40.9 Å². The average molecular weight is 360 g/mol. The van der Waals surface area contributed by atoms with Crippen molar-refractivity contribution in [3.8, 4) is 0 Å². The van der Waals surface area contributed by atoms with Gasteiger partial charge >= 0.3 is 7.82 Å². The van der Waals surface area contributed by atoms with Crippen molar-refractivity contribution >= 4 is 48.7 Å². The summed E-state index contributed by atoms with van der Waals surface area (Å²) in [5, 5.41) is 0.874. The number of phosphoric acid groups is 1. The molecule has 0 aliphatic heterocycles. The minimum atomic E-state index is -3.58. The lowest BCUT2D eigenvalue weighted by atomic mass is 10.2. The second kappa shape index (κ2) is 8.28. The van der Waals surface area contributed by atoms with Crippen LogP contribution in [-0.2, 0) is 18.1 Å². The fraction of sp³-hybridized carbons (Fsp3) is 0.333. The number of hydrogen-bond donors (Lipinski definition) is 0. The zero-order valence-corrected chi connectivity index (χ0v) is 14.1. The van der Waals surface area contributed by atoms with Crippen molar-refractivity contribution in [3.63, 3.8) is 0 Å². The Bertz CT molecular complexity index is 524. The first-order valence-corrected chi connectivity index (χ1v) is 8.40. The van der Waals surface area contributed by atoms with E-state index >= 15 is 0 Å². The lowest BCUT2D eigenvalue weighted by Gasteiger charge is -2.14. The molecular weight excluding hydrogens is 345 g/mol. The Kier molecular flexibility index (Phi) is 7.38. The van der Waals surface area contributed by atoms with Gasteiger partial charge in [0.2, 0.25) is 0 Å². The molecule has 8 heteroatoms. The summed E-state index contributed by atoms with van der Waals surface area (Å²) in [6.45, 7) is 3.79. The predicted molar refractivity (Wildman–Crippen MR) is 82.4 cm³/mol. The number of halogens is 3. The fourth-order valence-electron chi connectivity index (χ4n) is 1.26. The molecule has 0 unspecified atom stereocenters. The first kappa shape index (κ1) is 17.8. The van der Waals surface area contributed by atoms with E-state index in [1.807, 2.05) is 0 Å². The third-order valence-electron chi connectivity index (χ3n) is 2.08. The highest BCUT2D eigenvalue weighted by atomic mass is 35.5. The van der Waals surface area contributed by atoms with Gasteiger partial charge in [0.05, 0.1) is 34.5 Å². The summed E-state index contributed by atoms with van der Waals surface area (Å²) in [5.41, 5.74) is 0.570. The monoisotopic (exact) mass is 358 g/mol. The molecule has 0 atom stereocenters. The molecular formula is C12H14Cl3O4P. The highest BCUT2D eigenvalue weighted by molar-refractivity contribution is 7.48. The van der Waals surface area contributed by atoms with E-state index in [9.17, 15) is 4.57 Å². The van der Waals surface area contributed by atoms with Gasteiger partial charge in [0.1, 0.15) is 0 Å². The molecule has 0 amide bonds. The Labute approximate surface area is 133 Å². The van der Waals surface area contributed by atoms with Gasteiger partial charge in [0.25, 0.3) is 0 Å². The van der Waals surface area contributed by atoms with Crippen LogP contribution >= 0.6 is 42.6 Å². The molecule has 0 heterocycles. The topological polar surface area (TPSA) is 44.8 Å². The number of benzene rings is 1. The van der Waals surface area contributed by atoms with Crippen LogP contribution in [0.3, 0.4) is 0 Å². The van der Waals surface area contributed by atoms with E-state index in [-0.39, 0.29) is 23.3 Å². The number of hydrogen-bond acceptors (Lipinski definition) is 4. The molecule has 0 fully saturated rings. The lowest BCUT2D eigenvalue weighted by molar-refractivity contribution is 0.154. The van der Waals surface area contributed by atoms with Crippen LogP contribution in [0.2, 0.25) is 15.1 Å². The molecule has 1 rings (SSSR count). The van der Waals surface area contributed by atoms with E-state index in [4.69, 9.17) is 48.4 Å². The van der Waals surface area contributed by atoms with Crippen molar-refractivity contribution in [2.75, 3.05) is 13.2 Å². The maximum atomic E-state index is 12.0. The largest absolute Gasteiger partial charge is 0.529 e. The lowest BCUT2D eigenvalue weighted by Crippen LogP contribution is -1.96. The number of phosphoric ester groups is 1. The smallest absolute Gasteiger partial charge is 0.412 e. The minimum Gasteiger partial charge on any atom is -0.412 e. The van der Waals surface area contributed by atoms with E-state index in [1.165, 1.54) is 12.3 Å². The molecule has 112 valence electrons. The summed E-state index contributed by atoms with van der Waals surface area (Å²) in [4.78, 5) is 0. The molecule has 0 spiro atoms. The SMILES string of the molecule is CCOP(=O)(O/C=C/c1ccc(Cl)c(Cl)c1Cl)OCC. The third-order valence-corrected chi connectivity index (χ3v) is 4.91. The summed E-state index contributed by atoms with van der Waals surface area (Å²) in [5.74, 6) is 0. The normalized spacial score (nSPS) is 12.1. The van der Waals surface area contributed by atoms with Crippen molar-refractivity contribution in [2.24, 2.45) is 0 Å². The van der Waals surface area contributed by atoms with Crippen LogP contribution in [0.15, 0.2) is 18.4 Å². The first-order valence-electron chi connectivity index (χ1n) is 5.81. The van der Waals surface area contributed by atoms with Gasteiger partial charge in [-0.05, 0) is 31.6 Å². The van der Waals surface area contributed by atoms with Gasteiger partial charge in [-0.2, -0.15) is 0 Å². The van der Waals surface area contributed by atoms with Gasteiger partial charge in [-0.15, -0.1) is 0 Å². The maximum absolute atomic E-state index is 12.0. The summed E-state index contributed by atoms with van der Waals surface area (Å²) in [6, 6.07) is 3.25. The second-order valence-electron chi connectivity index (χ2n) is 3.46. The van der Waals surface area contributed by atoms with Crippen molar-refractivity contribution in [1.82, 2.24) is 0 Å². The summed E-state index contributed by atoms with van der Waals surface area (Å²) >= 11 is 17.7. The fourth-order valence-corrected chi connectivity index (χ4v) is 2.91. The van der Waals surface area contributed by atoms with E-state index in [1.54, 1.807) is 26.0 Å². The molecule has 0 radical (unpaired) electrons. The van der Waals surface area contributed by atoms with Crippen LogP contribution in [0, 0.1) is 0 Å². The van der Waals surface area contributed by atoms with Crippen molar-refractivity contribution < 1.29 is 18.1 Å². The molecule has 0 saturated heterocycles. The van der Waals surface area contributed by atoms with Crippen molar-refractivity contribution in [3.05, 3.63) is 39.0 Å². The molecule has 0 saturated carbocycles. The van der Waals surface area contributed by atoms with Crippen LogP contribution < -0.4 is 0 Å². The van der Waals surface area contributed by atoms with Gasteiger partial charge < -0.3 is 4.52 Å². The van der Waals surface area contributed by atoms with Gasteiger partial charge in [-0.3, -0.25) is 9.05 Å². The quantitative estimate of drug-likeness (QED) is 0.350. The Hall–Kier alpha value is -0.220. The minimum absolute atomic E-state index is 0.207. The summed E-state index contributed by atoms with van der Waals surface area (Å²) < 4.78 is 27.0. The van der Waals surface area contributed by atoms with Crippen molar-refractivity contribution in [2.45, 2.75) is 13.8 Å². The Morgan fingerprint density at radius 3 is 2.25 bits per heavy atom. The standard InChI is InChI=1S/C12H14Cl3O4P/c1-3-17-20(16,18-4-2)19-8-7-9-5-6-10(13)12(15)11(9)14/h5-8H,3-4H2,1-2H3/b8-7+. The van der Waals surface area contributed by atoms with Crippen LogP contribution in [-0.4, -0.2) is 13.2 Å². The van der Waals surface area contributed by atoms with E-state index in [0.29, 0.717) is 10.6 Å². The predicted octanol–water partition coefficient (Wildman–Crippen LogP) is 5.82. The average Bonchev–Trinajstić information content (AvgIpc) is 2.39.